The van der Waals surface area contributed by atoms with Crippen molar-refractivity contribution in [2.45, 2.75) is 12.5 Å². The van der Waals surface area contributed by atoms with Gasteiger partial charge in [0, 0.05) is 18.2 Å². The first-order valence-electron chi connectivity index (χ1n) is 6.32. The Morgan fingerprint density at radius 1 is 1.30 bits per heavy atom. The van der Waals surface area contributed by atoms with E-state index < -0.39 is 0 Å². The van der Waals surface area contributed by atoms with Crippen LogP contribution in [-0.2, 0) is 0 Å². The maximum absolute atomic E-state index is 13.6. The molecule has 1 aromatic carbocycles. The zero-order chi connectivity index (χ0) is 14.4. The van der Waals surface area contributed by atoms with Crippen molar-refractivity contribution in [1.29, 1.82) is 0 Å². The Bertz CT molecular complexity index is 621. The molecule has 0 bridgehead atoms. The average molecular weight is 271 g/mol. The molecule has 4 nitrogen and oxygen atoms in total. The molecule has 0 aliphatic heterocycles. The summed E-state index contributed by atoms with van der Waals surface area (Å²) in [6.07, 6.45) is 2.20. The van der Waals surface area contributed by atoms with E-state index in [-0.39, 0.29) is 11.9 Å². The number of aromatic nitrogens is 1. The molecule has 1 heterocycles. The lowest BCUT2D eigenvalue weighted by molar-refractivity contribution is 0.570. The first-order valence-corrected chi connectivity index (χ1v) is 6.32. The Morgan fingerprint density at radius 3 is 2.85 bits per heavy atom. The van der Waals surface area contributed by atoms with Crippen LogP contribution in [0, 0.1) is 12.4 Å². The summed E-state index contributed by atoms with van der Waals surface area (Å²) in [5, 5.41) is 3.15. The van der Waals surface area contributed by atoms with Gasteiger partial charge in [-0.05, 0) is 29.6 Å². The summed E-state index contributed by atoms with van der Waals surface area (Å²) in [7, 11) is 0. The van der Waals surface area contributed by atoms with E-state index in [1.807, 2.05) is 6.07 Å². The van der Waals surface area contributed by atoms with Crippen molar-refractivity contribution in [1.82, 2.24) is 4.98 Å². The predicted octanol–water partition coefficient (Wildman–Crippen LogP) is 3.32. The zero-order valence-electron chi connectivity index (χ0n) is 11.0. The Balaban J connectivity index is 1.93. The predicted molar refractivity (Wildman–Crippen MR) is 78.6 cm³/mol. The van der Waals surface area contributed by atoms with Crippen LogP contribution in [0.25, 0.3) is 4.85 Å². The molecule has 0 aliphatic carbocycles. The highest BCUT2D eigenvalue weighted by molar-refractivity contribution is 5.64. The number of hydrogen-bond acceptors (Lipinski definition) is 3. The summed E-state index contributed by atoms with van der Waals surface area (Å²) >= 11 is 0. The van der Waals surface area contributed by atoms with Gasteiger partial charge in [-0.2, -0.15) is 4.85 Å². The van der Waals surface area contributed by atoms with Gasteiger partial charge in [-0.1, -0.05) is 18.2 Å². The van der Waals surface area contributed by atoms with Crippen molar-refractivity contribution >= 4 is 11.5 Å². The third kappa shape index (κ3) is 3.31. The monoisotopic (exact) mass is 271 g/mol. The van der Waals surface area contributed by atoms with Crippen LogP contribution in [0.5, 0.6) is 0 Å². The minimum Gasteiger partial charge on any atom is -0.377 e. The standard InChI is InChI=1S/C15H16FN4/c1-18-15-14(7-4-9-20-15)19-10-8-13(17)11-5-2-3-6-12(11)16/h1-7,9,13,19H,8,10,17H2/q+1/t13-/m0/s1. The van der Waals surface area contributed by atoms with E-state index >= 15 is 0 Å². The molecular formula is C15H16FN4+. The number of benzene rings is 1. The van der Waals surface area contributed by atoms with Crippen molar-refractivity contribution in [3.63, 3.8) is 0 Å². The molecule has 102 valence electrons. The Labute approximate surface area is 117 Å². The number of anilines is 1. The van der Waals surface area contributed by atoms with Gasteiger partial charge in [-0.3, -0.25) is 0 Å². The molecule has 1 atom stereocenters. The van der Waals surface area contributed by atoms with Crippen LogP contribution in [0.15, 0.2) is 42.6 Å². The van der Waals surface area contributed by atoms with Crippen LogP contribution in [0.1, 0.15) is 18.0 Å². The number of rotatable bonds is 5. The van der Waals surface area contributed by atoms with E-state index in [1.165, 1.54) is 6.07 Å². The lowest BCUT2D eigenvalue weighted by Gasteiger charge is -2.13. The topological polar surface area (TPSA) is 55.3 Å². The molecule has 0 saturated carbocycles. The molecule has 0 radical (unpaired) electrons. The number of pyridine rings is 1. The normalized spacial score (nSPS) is 11.7. The lowest BCUT2D eigenvalue weighted by atomic mass is 10.0. The summed E-state index contributed by atoms with van der Waals surface area (Å²) in [5.74, 6) is 0.158. The van der Waals surface area contributed by atoms with Gasteiger partial charge in [0.25, 0.3) is 0 Å². The Morgan fingerprint density at radius 2 is 2.10 bits per heavy atom. The third-order valence-electron chi connectivity index (χ3n) is 2.98. The van der Waals surface area contributed by atoms with Crippen LogP contribution in [0.4, 0.5) is 15.9 Å². The maximum atomic E-state index is 13.6. The highest BCUT2D eigenvalue weighted by Crippen LogP contribution is 2.22. The third-order valence-corrected chi connectivity index (χ3v) is 2.98. The van der Waals surface area contributed by atoms with E-state index in [4.69, 9.17) is 12.3 Å². The van der Waals surface area contributed by atoms with E-state index in [9.17, 15) is 4.39 Å². The van der Waals surface area contributed by atoms with E-state index in [0.717, 1.165) is 5.69 Å². The van der Waals surface area contributed by atoms with Gasteiger partial charge in [0.15, 0.2) is 0 Å². The number of nitrogens with one attached hydrogen (secondary N) is 1. The molecule has 0 spiro atoms. The molecule has 2 aromatic rings. The first kappa shape index (κ1) is 14.0. The van der Waals surface area contributed by atoms with Gasteiger partial charge in [0.05, 0.1) is 0 Å². The summed E-state index contributed by atoms with van der Waals surface area (Å²) in [6, 6.07) is 9.78. The smallest absolute Gasteiger partial charge is 0.377 e. The van der Waals surface area contributed by atoms with Crippen LogP contribution >= 0.6 is 0 Å². The van der Waals surface area contributed by atoms with Gasteiger partial charge in [-0.25, -0.2) is 4.39 Å². The number of hydrogen-bond donors (Lipinski definition) is 2. The summed E-state index contributed by atoms with van der Waals surface area (Å²) in [4.78, 5) is 7.60. The van der Waals surface area contributed by atoms with Crippen LogP contribution in [0.3, 0.4) is 0 Å². The molecule has 20 heavy (non-hydrogen) atoms. The fraction of sp³-hybridized carbons (Fsp3) is 0.200. The van der Waals surface area contributed by atoms with Gasteiger partial charge >= 0.3 is 5.82 Å². The van der Waals surface area contributed by atoms with E-state index in [0.29, 0.717) is 24.3 Å². The summed E-state index contributed by atoms with van der Waals surface area (Å²) < 4.78 is 13.6. The molecule has 0 fully saturated rings. The zero-order valence-corrected chi connectivity index (χ0v) is 11.0. The molecule has 0 saturated heterocycles. The molecule has 1 aromatic heterocycles. The van der Waals surface area contributed by atoms with Crippen molar-refractivity contribution < 1.29 is 4.39 Å². The molecular weight excluding hydrogens is 255 g/mol. The fourth-order valence-electron chi connectivity index (χ4n) is 1.93. The van der Waals surface area contributed by atoms with Gasteiger partial charge in [-0.15, -0.1) is 0 Å². The Hall–Kier alpha value is -2.45. The molecule has 0 aliphatic rings. The molecule has 0 amide bonds. The summed E-state index contributed by atoms with van der Waals surface area (Å²) in [5.41, 5.74) is 7.24. The minimum atomic E-state index is -0.362. The van der Waals surface area contributed by atoms with Crippen LogP contribution in [0.2, 0.25) is 0 Å². The van der Waals surface area contributed by atoms with Gasteiger partial charge < -0.3 is 11.1 Å². The fourth-order valence-corrected chi connectivity index (χ4v) is 1.93. The Kier molecular flexibility index (Phi) is 4.64. The first-order chi connectivity index (χ1) is 9.72. The summed E-state index contributed by atoms with van der Waals surface area (Å²) in [6.45, 7) is 5.81. The van der Waals surface area contributed by atoms with E-state index in [1.54, 1.807) is 30.5 Å². The van der Waals surface area contributed by atoms with Crippen molar-refractivity contribution in [3.05, 3.63) is 58.8 Å². The lowest BCUT2D eigenvalue weighted by Crippen LogP contribution is -2.16. The van der Waals surface area contributed by atoms with Crippen molar-refractivity contribution in [3.8, 4) is 6.57 Å². The highest BCUT2D eigenvalue weighted by Gasteiger charge is 2.13. The van der Waals surface area contributed by atoms with Gasteiger partial charge in [0.2, 0.25) is 0 Å². The SMILES string of the molecule is C#[N+]c1ncccc1NCC[C@H](N)c1ccccc1F. The van der Waals surface area contributed by atoms with Crippen molar-refractivity contribution in [2.75, 3.05) is 11.9 Å². The molecule has 2 rings (SSSR count). The second-order valence-electron chi connectivity index (χ2n) is 4.35. The molecule has 0 unspecified atom stereocenters. The molecule has 5 heteroatoms. The second kappa shape index (κ2) is 6.64. The minimum absolute atomic E-state index is 0.279. The van der Waals surface area contributed by atoms with Crippen molar-refractivity contribution in [2.24, 2.45) is 5.73 Å². The average Bonchev–Trinajstić information content (AvgIpc) is 2.48. The highest BCUT2D eigenvalue weighted by atomic mass is 19.1. The second-order valence-corrected chi connectivity index (χ2v) is 4.35. The number of nitrogens with zero attached hydrogens (tertiary/aromatic N) is 2. The maximum Gasteiger partial charge on any atom is 0.448 e. The quantitative estimate of drug-likeness (QED) is 0.877. The van der Waals surface area contributed by atoms with E-state index in [2.05, 4.69) is 15.1 Å². The van der Waals surface area contributed by atoms with Crippen LogP contribution < -0.4 is 11.1 Å². The largest absolute Gasteiger partial charge is 0.448 e. The van der Waals surface area contributed by atoms with Gasteiger partial charge in [0.1, 0.15) is 24.3 Å². The molecule has 3 N–H and O–H groups in total. The number of nitrogens with two attached hydrogens (primary N) is 1. The number of halogens is 1. The van der Waals surface area contributed by atoms with Crippen LogP contribution in [-0.4, -0.2) is 11.5 Å².